The molecule has 1 aromatic rings. The van der Waals surface area contributed by atoms with Crippen molar-refractivity contribution in [3.05, 3.63) is 31.7 Å². The third-order valence-corrected chi connectivity index (χ3v) is 1.84. The maximum absolute atomic E-state index is 11.0. The maximum atomic E-state index is 11.0. The summed E-state index contributed by atoms with van der Waals surface area (Å²) >= 11 is 0. The molecule has 0 spiro atoms. The number of rotatable bonds is 1. The van der Waals surface area contributed by atoms with Gasteiger partial charge in [0.05, 0.1) is 4.92 Å². The van der Waals surface area contributed by atoms with Gasteiger partial charge in [-0.3, -0.25) is 14.9 Å². The van der Waals surface area contributed by atoms with Crippen LogP contribution in [0.1, 0.15) is 25.1 Å². The van der Waals surface area contributed by atoms with Crippen LogP contribution >= 0.6 is 0 Å². The monoisotopic (exact) mass is 214 g/mol. The number of H-pyrrole nitrogens is 1. The number of aromatic amines is 1. The van der Waals surface area contributed by atoms with Gasteiger partial charge in [-0.25, -0.2) is 0 Å². The van der Waals surface area contributed by atoms with E-state index in [9.17, 15) is 20.0 Å². The summed E-state index contributed by atoms with van der Waals surface area (Å²) in [5, 5.41) is 19.6. The van der Waals surface area contributed by atoms with Crippen molar-refractivity contribution < 1.29 is 10.0 Å². The van der Waals surface area contributed by atoms with Gasteiger partial charge < -0.3 is 10.1 Å². The second-order valence-corrected chi connectivity index (χ2v) is 2.66. The van der Waals surface area contributed by atoms with Gasteiger partial charge >= 0.3 is 11.2 Å². The minimum Gasteiger partial charge on any atom is -0.502 e. The Labute approximate surface area is 86.7 Å². The lowest BCUT2D eigenvalue weighted by Gasteiger charge is -2.01. The molecule has 0 aliphatic rings. The summed E-state index contributed by atoms with van der Waals surface area (Å²) in [4.78, 5) is 22.7. The van der Waals surface area contributed by atoms with Gasteiger partial charge in [0.1, 0.15) is 0 Å². The van der Waals surface area contributed by atoms with Crippen LogP contribution in [0.15, 0.2) is 4.79 Å². The van der Waals surface area contributed by atoms with Crippen LogP contribution in [0, 0.1) is 24.0 Å². The van der Waals surface area contributed by atoms with Crippen LogP contribution in [-0.4, -0.2) is 15.0 Å². The van der Waals surface area contributed by atoms with Crippen LogP contribution < -0.4 is 5.56 Å². The van der Waals surface area contributed by atoms with E-state index in [1.54, 1.807) is 6.92 Å². The maximum Gasteiger partial charge on any atom is 0.375 e. The van der Waals surface area contributed by atoms with Gasteiger partial charge in [-0.2, -0.15) is 0 Å². The minimum atomic E-state index is -0.902. The van der Waals surface area contributed by atoms with Crippen molar-refractivity contribution in [2.75, 3.05) is 0 Å². The predicted octanol–water partition coefficient (Wildman–Crippen LogP) is 1.63. The fourth-order valence-electron chi connectivity index (χ4n) is 0.955. The third kappa shape index (κ3) is 2.55. The number of aryl methyl sites for hydroxylation is 1. The van der Waals surface area contributed by atoms with Crippen molar-refractivity contribution in [3.8, 4) is 5.75 Å². The fourth-order valence-corrected chi connectivity index (χ4v) is 0.955. The van der Waals surface area contributed by atoms with E-state index >= 15 is 0 Å². The zero-order valence-corrected chi connectivity index (χ0v) is 9.12. The molecule has 15 heavy (non-hydrogen) atoms. The lowest BCUT2D eigenvalue weighted by atomic mass is 10.2. The first-order valence-electron chi connectivity index (χ1n) is 4.52. The molecule has 0 atom stereocenters. The highest BCUT2D eigenvalue weighted by atomic mass is 16.6. The van der Waals surface area contributed by atoms with Gasteiger partial charge in [0.15, 0.2) is 0 Å². The molecular weight excluding hydrogens is 200 g/mol. The molecule has 0 aromatic carbocycles. The van der Waals surface area contributed by atoms with Gasteiger partial charge in [-0.05, 0) is 13.8 Å². The molecule has 0 saturated heterocycles. The summed E-state index contributed by atoms with van der Waals surface area (Å²) in [6.07, 6.45) is 0. The molecule has 0 unspecified atom stereocenters. The first-order valence-corrected chi connectivity index (χ1v) is 4.52. The zero-order chi connectivity index (χ0) is 12.2. The minimum absolute atomic E-state index is 0.311. The molecule has 2 N–H and O–H groups in total. The Morgan fingerprint density at radius 2 is 1.80 bits per heavy atom. The Morgan fingerprint density at radius 1 is 1.33 bits per heavy atom. The van der Waals surface area contributed by atoms with Gasteiger partial charge in [0.25, 0.3) is 0 Å². The van der Waals surface area contributed by atoms with Crippen LogP contribution in [0.2, 0.25) is 0 Å². The molecule has 0 bridgehead atoms. The van der Waals surface area contributed by atoms with E-state index < -0.39 is 21.9 Å². The summed E-state index contributed by atoms with van der Waals surface area (Å²) in [6, 6.07) is 0. The van der Waals surface area contributed by atoms with Gasteiger partial charge in [0.2, 0.25) is 5.75 Å². The van der Waals surface area contributed by atoms with Crippen molar-refractivity contribution in [2.24, 2.45) is 0 Å². The number of hydrogen-bond donors (Lipinski definition) is 2. The second-order valence-electron chi connectivity index (χ2n) is 2.66. The van der Waals surface area contributed by atoms with Crippen LogP contribution in [-0.2, 0) is 0 Å². The number of aromatic nitrogens is 1. The lowest BCUT2D eigenvalue weighted by Crippen LogP contribution is -2.13. The number of nitrogens with one attached hydrogen (secondary N) is 1. The SMILES string of the molecule is CC.Cc1[nH]c(=O)c([N+](=O)[O-])c(O)c1C. The van der Waals surface area contributed by atoms with Crippen LogP contribution in [0.3, 0.4) is 0 Å². The molecule has 6 nitrogen and oxygen atoms in total. The molecule has 6 heteroatoms. The summed E-state index contributed by atoms with van der Waals surface area (Å²) in [7, 11) is 0. The van der Waals surface area contributed by atoms with Crippen molar-refractivity contribution >= 4 is 5.69 Å². The molecule has 0 fully saturated rings. The Morgan fingerprint density at radius 3 is 2.20 bits per heavy atom. The highest BCUT2D eigenvalue weighted by molar-refractivity contribution is 5.49. The van der Waals surface area contributed by atoms with E-state index in [1.807, 2.05) is 13.8 Å². The third-order valence-electron chi connectivity index (χ3n) is 1.84. The van der Waals surface area contributed by atoms with E-state index in [2.05, 4.69) is 4.98 Å². The van der Waals surface area contributed by atoms with Crippen molar-refractivity contribution in [2.45, 2.75) is 27.7 Å². The summed E-state index contributed by atoms with van der Waals surface area (Å²) in [5.74, 6) is -0.564. The van der Waals surface area contributed by atoms with Crippen molar-refractivity contribution in [1.29, 1.82) is 0 Å². The average molecular weight is 214 g/mol. The van der Waals surface area contributed by atoms with Crippen LogP contribution in [0.5, 0.6) is 5.75 Å². The Kier molecular flexibility index (Phi) is 4.50. The van der Waals surface area contributed by atoms with Gasteiger partial charge in [-0.15, -0.1) is 0 Å². The summed E-state index contributed by atoms with van der Waals surface area (Å²) < 4.78 is 0. The predicted molar refractivity (Wildman–Crippen MR) is 56.2 cm³/mol. The molecule has 0 amide bonds. The zero-order valence-electron chi connectivity index (χ0n) is 9.12. The number of pyridine rings is 1. The van der Waals surface area contributed by atoms with E-state index in [4.69, 9.17) is 0 Å². The molecule has 0 aliphatic carbocycles. The number of hydrogen-bond acceptors (Lipinski definition) is 4. The molecule has 1 aromatic heterocycles. The molecule has 1 heterocycles. The van der Waals surface area contributed by atoms with Gasteiger partial charge in [-0.1, -0.05) is 13.8 Å². The fraction of sp³-hybridized carbons (Fsp3) is 0.444. The topological polar surface area (TPSA) is 96.2 Å². The second kappa shape index (κ2) is 5.14. The van der Waals surface area contributed by atoms with E-state index in [1.165, 1.54) is 6.92 Å². The number of nitro groups is 1. The highest BCUT2D eigenvalue weighted by Gasteiger charge is 2.21. The highest BCUT2D eigenvalue weighted by Crippen LogP contribution is 2.25. The van der Waals surface area contributed by atoms with Crippen molar-refractivity contribution in [1.82, 2.24) is 4.98 Å². The number of aromatic hydroxyl groups is 1. The quantitative estimate of drug-likeness (QED) is 0.548. The lowest BCUT2D eigenvalue weighted by molar-refractivity contribution is -0.387. The van der Waals surface area contributed by atoms with Crippen LogP contribution in [0.25, 0.3) is 0 Å². The molecule has 84 valence electrons. The van der Waals surface area contributed by atoms with Crippen molar-refractivity contribution in [3.63, 3.8) is 0 Å². The van der Waals surface area contributed by atoms with E-state index in [-0.39, 0.29) is 0 Å². The Bertz CT molecular complexity index is 423. The van der Waals surface area contributed by atoms with E-state index in [0.717, 1.165) is 0 Å². The summed E-state index contributed by atoms with van der Waals surface area (Å²) in [6.45, 7) is 7.05. The molecular formula is C9H14N2O4. The Hall–Kier alpha value is -1.85. The smallest absolute Gasteiger partial charge is 0.375 e. The molecule has 0 aliphatic heterocycles. The van der Waals surface area contributed by atoms with Crippen LogP contribution in [0.4, 0.5) is 5.69 Å². The van der Waals surface area contributed by atoms with E-state index in [0.29, 0.717) is 11.3 Å². The molecule has 0 saturated carbocycles. The standard InChI is InChI=1S/C7H8N2O4.C2H6/c1-3-4(2)8-7(11)5(6(3)10)9(12)13;1-2/h1-2H3,(H2,8,10,11);1-2H3. The molecule has 0 radical (unpaired) electrons. The Balaban J connectivity index is 0.000000921. The summed E-state index contributed by atoms with van der Waals surface area (Å²) in [5.41, 5.74) is -0.951. The largest absolute Gasteiger partial charge is 0.502 e. The first-order chi connectivity index (χ1) is 6.95. The number of nitrogens with zero attached hydrogens (tertiary/aromatic N) is 1. The van der Waals surface area contributed by atoms with Gasteiger partial charge in [0, 0.05) is 11.3 Å². The molecule has 1 rings (SSSR count). The normalized spacial score (nSPS) is 9.07. The average Bonchev–Trinajstić information content (AvgIpc) is 2.17. The first kappa shape index (κ1) is 13.2.